The molecule has 0 aliphatic heterocycles. The van der Waals surface area contributed by atoms with Crippen molar-refractivity contribution in [3.05, 3.63) is 85.1 Å². The minimum atomic E-state index is -4.38. The van der Waals surface area contributed by atoms with E-state index in [1.54, 1.807) is 0 Å². The molecule has 0 fully saturated rings. The fourth-order valence-corrected chi connectivity index (χ4v) is 9.28. The number of hydrogen-bond acceptors (Lipinski definition) is 8. The first-order valence-electron chi connectivity index (χ1n) is 30.6. The number of rotatable bonds is 57. The van der Waals surface area contributed by atoms with Gasteiger partial charge < -0.3 is 20.1 Å². The third-order valence-electron chi connectivity index (χ3n) is 13.0. The standard InChI is InChI=1S/C64H114NO8P/c1-3-5-7-9-11-13-15-17-18-19-20-21-22-23-24-25-26-27-28-29-30-31-32-33-34-35-36-37-38-39-40-41-42-43-44-45-47-49-51-53-55-57-64(67)73-62(61-72-74(68,69)71-59-58-65)60-70-63(66)56-54-52-50-48-46-16-14-12-10-8-6-4-2/h5,7,11-14,17-18,20-21,23-24,26-27,62H,3-4,6,8-10,15-16,19,22,25,28-61,65H2,1-2H3,(H,68,69)/b7-5-,13-11-,14-12-,18-17-,21-20-,24-23-,27-26-. The molecule has 2 unspecified atom stereocenters. The highest BCUT2D eigenvalue weighted by Gasteiger charge is 2.26. The zero-order valence-electron chi connectivity index (χ0n) is 47.8. The molecule has 0 spiro atoms. The third-order valence-corrected chi connectivity index (χ3v) is 14.0. The highest BCUT2D eigenvalue weighted by Crippen LogP contribution is 2.43. The van der Waals surface area contributed by atoms with Gasteiger partial charge in [-0.25, -0.2) is 4.57 Å². The van der Waals surface area contributed by atoms with Crippen molar-refractivity contribution >= 4 is 19.8 Å². The lowest BCUT2D eigenvalue weighted by Crippen LogP contribution is -2.29. The Labute approximate surface area is 455 Å². The number of unbranched alkanes of at least 4 members (excludes halogenated alkanes) is 30. The molecular formula is C64H114NO8P. The summed E-state index contributed by atoms with van der Waals surface area (Å²) >= 11 is 0. The first kappa shape index (κ1) is 71.2. The zero-order valence-corrected chi connectivity index (χ0v) is 48.7. The van der Waals surface area contributed by atoms with E-state index in [9.17, 15) is 19.0 Å². The van der Waals surface area contributed by atoms with Crippen LogP contribution < -0.4 is 5.73 Å². The SMILES string of the molecule is CC/C=C\C/C=C\C/C=C\C/C=C\C/C=C\C/C=C\CCCCCCCCCCCCCCCCCCCCCCCCC(=O)OC(COC(=O)CCCCCCC/C=C\CCCCC)COP(=O)(O)OCCN. The molecule has 0 saturated carbocycles. The van der Waals surface area contributed by atoms with Crippen molar-refractivity contribution in [1.29, 1.82) is 0 Å². The fourth-order valence-electron chi connectivity index (χ4n) is 8.52. The van der Waals surface area contributed by atoms with Gasteiger partial charge in [0.1, 0.15) is 6.61 Å². The summed E-state index contributed by atoms with van der Waals surface area (Å²) in [7, 11) is -4.38. The molecule has 0 aliphatic rings. The minimum Gasteiger partial charge on any atom is -0.462 e. The Bertz CT molecular complexity index is 1480. The summed E-state index contributed by atoms with van der Waals surface area (Å²) in [6.07, 6.45) is 78.2. The molecule has 0 heterocycles. The molecular weight excluding hydrogens is 942 g/mol. The van der Waals surface area contributed by atoms with Gasteiger partial charge >= 0.3 is 19.8 Å². The highest BCUT2D eigenvalue weighted by atomic mass is 31.2. The van der Waals surface area contributed by atoms with Crippen molar-refractivity contribution in [2.24, 2.45) is 5.73 Å². The number of hydrogen-bond donors (Lipinski definition) is 2. The number of esters is 2. The van der Waals surface area contributed by atoms with Gasteiger partial charge in [0.15, 0.2) is 6.10 Å². The van der Waals surface area contributed by atoms with E-state index in [2.05, 4.69) is 98.9 Å². The van der Waals surface area contributed by atoms with Crippen LogP contribution in [0.3, 0.4) is 0 Å². The van der Waals surface area contributed by atoms with Gasteiger partial charge in [0.05, 0.1) is 13.2 Å². The maximum Gasteiger partial charge on any atom is 0.472 e. The van der Waals surface area contributed by atoms with Gasteiger partial charge in [-0.3, -0.25) is 18.6 Å². The second kappa shape index (κ2) is 59.4. The van der Waals surface area contributed by atoms with Crippen LogP contribution >= 0.6 is 7.82 Å². The molecule has 9 nitrogen and oxygen atoms in total. The number of carbonyl (C=O) groups excluding carboxylic acids is 2. The zero-order chi connectivity index (χ0) is 53.8. The minimum absolute atomic E-state index is 0.0519. The van der Waals surface area contributed by atoms with Crippen LogP contribution in [-0.4, -0.2) is 49.3 Å². The van der Waals surface area contributed by atoms with Gasteiger partial charge in [0.2, 0.25) is 0 Å². The second-order valence-corrected chi connectivity index (χ2v) is 21.6. The molecule has 0 aromatic carbocycles. The Morgan fingerprint density at radius 2 is 0.743 bits per heavy atom. The summed E-state index contributed by atoms with van der Waals surface area (Å²) in [6.45, 7) is 3.61. The summed E-state index contributed by atoms with van der Waals surface area (Å²) in [5.41, 5.74) is 5.37. The Morgan fingerprint density at radius 3 is 1.12 bits per heavy atom. The number of allylic oxidation sites excluding steroid dienone is 14. The van der Waals surface area contributed by atoms with E-state index in [0.717, 1.165) is 96.3 Å². The Morgan fingerprint density at radius 1 is 0.419 bits per heavy atom. The van der Waals surface area contributed by atoms with Gasteiger partial charge in [-0.15, -0.1) is 0 Å². The van der Waals surface area contributed by atoms with E-state index in [1.165, 1.54) is 148 Å². The Hall–Kier alpha value is -2.81. The Kier molecular flexibility index (Phi) is 57.2. The lowest BCUT2D eigenvalue weighted by molar-refractivity contribution is -0.161. The molecule has 0 rings (SSSR count). The van der Waals surface area contributed by atoms with Crippen LogP contribution in [0.1, 0.15) is 277 Å². The van der Waals surface area contributed by atoms with Crippen LogP contribution in [0.4, 0.5) is 0 Å². The summed E-state index contributed by atoms with van der Waals surface area (Å²) in [6, 6.07) is 0. The summed E-state index contributed by atoms with van der Waals surface area (Å²) in [5, 5.41) is 0. The van der Waals surface area contributed by atoms with Crippen molar-refractivity contribution in [2.75, 3.05) is 26.4 Å². The van der Waals surface area contributed by atoms with E-state index in [1.807, 2.05) is 0 Å². The predicted octanol–water partition coefficient (Wildman–Crippen LogP) is 19.5. The first-order chi connectivity index (χ1) is 36.3. The van der Waals surface area contributed by atoms with Gasteiger partial charge in [0.25, 0.3) is 0 Å². The van der Waals surface area contributed by atoms with Crippen molar-refractivity contribution in [2.45, 2.75) is 283 Å². The maximum absolute atomic E-state index is 12.7. The monoisotopic (exact) mass is 1060 g/mol. The topological polar surface area (TPSA) is 134 Å². The van der Waals surface area contributed by atoms with Gasteiger partial charge in [-0.1, -0.05) is 259 Å². The van der Waals surface area contributed by atoms with Crippen LogP contribution in [-0.2, 0) is 32.7 Å². The highest BCUT2D eigenvalue weighted by molar-refractivity contribution is 7.47. The van der Waals surface area contributed by atoms with Crippen molar-refractivity contribution in [3.63, 3.8) is 0 Å². The molecule has 3 N–H and O–H groups in total. The number of ether oxygens (including phenoxy) is 2. The van der Waals surface area contributed by atoms with Crippen LogP contribution in [0, 0.1) is 0 Å². The second-order valence-electron chi connectivity index (χ2n) is 20.2. The summed E-state index contributed by atoms with van der Waals surface area (Å²) in [4.78, 5) is 35.1. The molecule has 74 heavy (non-hydrogen) atoms. The van der Waals surface area contributed by atoms with Gasteiger partial charge in [0, 0.05) is 19.4 Å². The van der Waals surface area contributed by atoms with E-state index in [4.69, 9.17) is 24.3 Å². The van der Waals surface area contributed by atoms with E-state index < -0.39 is 26.5 Å². The smallest absolute Gasteiger partial charge is 0.462 e. The number of nitrogens with two attached hydrogens (primary N) is 1. The molecule has 0 aromatic heterocycles. The lowest BCUT2D eigenvalue weighted by Gasteiger charge is -2.19. The van der Waals surface area contributed by atoms with E-state index in [0.29, 0.717) is 6.42 Å². The number of phosphoric ester groups is 1. The van der Waals surface area contributed by atoms with Gasteiger partial charge in [-0.2, -0.15) is 0 Å². The quantitative estimate of drug-likeness (QED) is 0.0264. The van der Waals surface area contributed by atoms with Crippen molar-refractivity contribution in [1.82, 2.24) is 0 Å². The Balaban J connectivity index is 3.76. The third kappa shape index (κ3) is 58.5. The average molecular weight is 1060 g/mol. The number of carbonyl (C=O) groups is 2. The molecule has 0 bridgehead atoms. The predicted molar refractivity (Wildman–Crippen MR) is 316 cm³/mol. The molecule has 0 aromatic rings. The van der Waals surface area contributed by atoms with Gasteiger partial charge in [-0.05, 0) is 89.9 Å². The molecule has 0 amide bonds. The molecule has 428 valence electrons. The maximum atomic E-state index is 12.7. The molecule has 0 saturated heterocycles. The van der Waals surface area contributed by atoms with E-state index >= 15 is 0 Å². The normalized spacial score (nSPS) is 13.6. The lowest BCUT2D eigenvalue weighted by atomic mass is 10.0. The molecule has 0 radical (unpaired) electrons. The summed E-state index contributed by atoms with van der Waals surface area (Å²) < 4.78 is 32.9. The van der Waals surface area contributed by atoms with Crippen LogP contribution in [0.2, 0.25) is 0 Å². The van der Waals surface area contributed by atoms with Crippen LogP contribution in [0.15, 0.2) is 85.1 Å². The van der Waals surface area contributed by atoms with Crippen LogP contribution in [0.25, 0.3) is 0 Å². The fraction of sp³-hybridized carbons (Fsp3) is 0.750. The largest absolute Gasteiger partial charge is 0.472 e. The molecule has 0 aliphatic carbocycles. The molecule has 10 heteroatoms. The van der Waals surface area contributed by atoms with Crippen molar-refractivity contribution < 1.29 is 37.6 Å². The average Bonchev–Trinajstić information content (AvgIpc) is 3.39. The molecule has 2 atom stereocenters. The number of phosphoric acid groups is 1. The van der Waals surface area contributed by atoms with Crippen LogP contribution in [0.5, 0.6) is 0 Å². The van der Waals surface area contributed by atoms with Crippen molar-refractivity contribution in [3.8, 4) is 0 Å². The van der Waals surface area contributed by atoms with E-state index in [-0.39, 0.29) is 38.6 Å². The summed E-state index contributed by atoms with van der Waals surface area (Å²) in [5.74, 6) is -0.831. The first-order valence-corrected chi connectivity index (χ1v) is 32.1.